The number of rotatable bonds is 2. The molecule has 0 aliphatic heterocycles. The van der Waals surface area contributed by atoms with E-state index >= 15 is 0 Å². The van der Waals surface area contributed by atoms with Gasteiger partial charge in [0.15, 0.2) is 0 Å². The molecular formula is C7H15IN2. The Morgan fingerprint density at radius 3 is 1.90 bits per heavy atom. The van der Waals surface area contributed by atoms with Crippen LogP contribution in [0.5, 0.6) is 0 Å². The Hall–Kier alpha value is -0.0600. The molecule has 3 heteroatoms. The van der Waals surface area contributed by atoms with Gasteiger partial charge in [-0.15, -0.1) is 0 Å². The van der Waals surface area contributed by atoms with Crippen LogP contribution in [0.1, 0.15) is 13.8 Å². The molecule has 1 N–H and O–H groups in total. The van der Waals surface area contributed by atoms with E-state index in [1.165, 1.54) is 0 Å². The van der Waals surface area contributed by atoms with Crippen LogP contribution in [0.3, 0.4) is 0 Å². The van der Waals surface area contributed by atoms with Gasteiger partial charge in [-0.25, -0.2) is 0 Å². The van der Waals surface area contributed by atoms with Crippen LogP contribution in [-0.2, 0) is 0 Å². The van der Waals surface area contributed by atoms with Crippen molar-refractivity contribution in [1.29, 1.82) is 5.41 Å². The fraction of sp³-hybridized carbons (Fsp3) is 0.571. The second-order valence-corrected chi connectivity index (χ2v) is 11.0. The van der Waals surface area contributed by atoms with Crippen LogP contribution in [0.25, 0.3) is 0 Å². The number of hydrogen-bond acceptors (Lipinski definition) is 2. The van der Waals surface area contributed by atoms with Gasteiger partial charge in [0.2, 0.25) is 0 Å². The predicted molar refractivity (Wildman–Crippen MR) is 59.5 cm³/mol. The molecule has 0 amide bonds. The molecule has 0 saturated carbocycles. The van der Waals surface area contributed by atoms with Crippen LogP contribution in [0, 0.1) is 5.41 Å². The van der Waals surface area contributed by atoms with Crippen molar-refractivity contribution in [2.45, 2.75) is 13.8 Å². The second-order valence-electron chi connectivity index (χ2n) is 2.66. The topological polar surface area (TPSA) is 36.2 Å². The van der Waals surface area contributed by atoms with Crippen molar-refractivity contribution >= 4 is 34.2 Å². The molecule has 0 fully saturated rings. The second kappa shape index (κ2) is 3.37. The van der Waals surface area contributed by atoms with Gasteiger partial charge in [-0.2, -0.15) is 0 Å². The minimum atomic E-state index is -1.97. The van der Waals surface area contributed by atoms with Crippen molar-refractivity contribution in [3.63, 3.8) is 0 Å². The maximum absolute atomic E-state index is 7.25. The number of hydrogen-bond donors (Lipinski definition) is 1. The van der Waals surface area contributed by atoms with Crippen molar-refractivity contribution in [2.75, 3.05) is 9.86 Å². The molecule has 0 bridgehead atoms. The molecule has 60 valence electrons. The van der Waals surface area contributed by atoms with E-state index in [1.807, 2.05) is 6.92 Å². The molecule has 0 aromatic carbocycles. The first kappa shape index (κ1) is 9.94. The monoisotopic (exact) mass is 254 g/mol. The number of alkyl halides is 2. The summed E-state index contributed by atoms with van der Waals surface area (Å²) >= 11 is -1.97. The molecule has 0 unspecified atom stereocenters. The molecule has 0 spiro atoms. The van der Waals surface area contributed by atoms with Gasteiger partial charge in [-0.1, -0.05) is 0 Å². The molecule has 0 aliphatic rings. The third-order valence-corrected chi connectivity index (χ3v) is 2.93. The number of halogens is 1. The van der Waals surface area contributed by atoms with Crippen molar-refractivity contribution in [3.8, 4) is 0 Å². The normalized spacial score (nSPS) is 15.0. The van der Waals surface area contributed by atoms with E-state index in [0.29, 0.717) is 5.71 Å². The molecule has 10 heavy (non-hydrogen) atoms. The molecule has 0 atom stereocenters. The van der Waals surface area contributed by atoms with Gasteiger partial charge < -0.3 is 0 Å². The fourth-order valence-electron chi connectivity index (χ4n) is 0.407. The summed E-state index contributed by atoms with van der Waals surface area (Å²) in [6, 6.07) is 0. The third kappa shape index (κ3) is 4.78. The first-order valence-electron chi connectivity index (χ1n) is 2.92. The van der Waals surface area contributed by atoms with Gasteiger partial charge in [0.25, 0.3) is 0 Å². The summed E-state index contributed by atoms with van der Waals surface area (Å²) in [6.07, 6.45) is 0. The van der Waals surface area contributed by atoms with Gasteiger partial charge in [-0.05, 0) is 0 Å². The molecule has 0 saturated heterocycles. The summed E-state index contributed by atoms with van der Waals surface area (Å²) in [7, 11) is 0. The van der Waals surface area contributed by atoms with Crippen molar-refractivity contribution in [1.82, 2.24) is 0 Å². The van der Waals surface area contributed by atoms with Gasteiger partial charge in [0, 0.05) is 0 Å². The molecule has 0 heterocycles. The van der Waals surface area contributed by atoms with Crippen molar-refractivity contribution in [3.05, 3.63) is 0 Å². The first-order chi connectivity index (χ1) is 4.33. The average molecular weight is 254 g/mol. The van der Waals surface area contributed by atoms with Crippen molar-refractivity contribution < 1.29 is 0 Å². The van der Waals surface area contributed by atoms with Gasteiger partial charge in [-0.3, -0.25) is 0 Å². The molecule has 0 radical (unpaired) electrons. The molecular weight excluding hydrogens is 239 g/mol. The van der Waals surface area contributed by atoms with Crippen LogP contribution in [-0.4, -0.2) is 25.8 Å². The summed E-state index contributed by atoms with van der Waals surface area (Å²) in [5.74, 6) is 0. The molecule has 0 aromatic rings. The molecule has 2 nitrogen and oxygen atoms in total. The summed E-state index contributed by atoms with van der Waals surface area (Å²) in [5.41, 5.74) is 1.40. The van der Waals surface area contributed by atoms with Crippen molar-refractivity contribution in [2.24, 2.45) is 3.21 Å². The van der Waals surface area contributed by atoms with Crippen LogP contribution in [0.4, 0.5) is 0 Å². The van der Waals surface area contributed by atoms with Gasteiger partial charge >= 0.3 is 66.5 Å². The van der Waals surface area contributed by atoms with E-state index in [0.717, 1.165) is 5.71 Å². The van der Waals surface area contributed by atoms with E-state index in [4.69, 9.17) is 5.41 Å². The van der Waals surface area contributed by atoms with E-state index in [-0.39, 0.29) is 0 Å². The zero-order valence-electron chi connectivity index (χ0n) is 7.03. The fourth-order valence-corrected chi connectivity index (χ4v) is 2.73. The SMILES string of the molecule is C=I(C)(C)N=C(C)C(C)=N. The maximum atomic E-state index is 7.25. The quantitative estimate of drug-likeness (QED) is 0.445. The Bertz CT molecular complexity index is 210. The van der Waals surface area contributed by atoms with E-state index in [2.05, 4.69) is 17.6 Å². The van der Waals surface area contributed by atoms with E-state index in [9.17, 15) is 0 Å². The summed E-state index contributed by atoms with van der Waals surface area (Å²) < 4.78 is 8.36. The summed E-state index contributed by atoms with van der Waals surface area (Å²) in [5, 5.41) is 7.25. The zero-order chi connectivity index (χ0) is 8.36. The average Bonchev–Trinajstić information content (AvgIpc) is 1.60. The van der Waals surface area contributed by atoms with Gasteiger partial charge in [0.1, 0.15) is 0 Å². The van der Waals surface area contributed by atoms with E-state index in [1.54, 1.807) is 6.92 Å². The Morgan fingerprint density at radius 1 is 1.40 bits per heavy atom. The van der Waals surface area contributed by atoms with Crippen LogP contribution >= 0.6 is 18.2 Å². The van der Waals surface area contributed by atoms with E-state index < -0.39 is 18.2 Å². The predicted octanol–water partition coefficient (Wildman–Crippen LogP) is 2.14. The Morgan fingerprint density at radius 2 is 1.80 bits per heavy atom. The van der Waals surface area contributed by atoms with Gasteiger partial charge in [0.05, 0.1) is 0 Å². The standard InChI is InChI=1S/C7H15IN2/c1-6(9)7(2)10-8(3,4)5/h9H,3H2,1-2,4-5H3. The molecule has 0 aromatic heterocycles. The zero-order valence-corrected chi connectivity index (χ0v) is 9.19. The summed E-state index contributed by atoms with van der Waals surface area (Å²) in [6.45, 7) is 3.63. The minimum absolute atomic E-state index is 0.556. The number of nitrogens with one attached hydrogen (secondary N) is 1. The first-order valence-corrected chi connectivity index (χ1v) is 9.72. The third-order valence-electron chi connectivity index (χ3n) is 0.898. The Labute approximate surface area is 66.6 Å². The Balaban J connectivity index is 4.48. The Kier molecular flexibility index (Phi) is 3.35. The van der Waals surface area contributed by atoms with Crippen LogP contribution in [0.2, 0.25) is 0 Å². The van der Waals surface area contributed by atoms with Crippen LogP contribution < -0.4 is 0 Å². The number of nitrogens with zero attached hydrogens (tertiary/aromatic N) is 1. The molecule has 0 rings (SSSR count). The summed E-state index contributed by atoms with van der Waals surface area (Å²) in [4.78, 5) is 4.19. The van der Waals surface area contributed by atoms with Crippen LogP contribution in [0.15, 0.2) is 3.21 Å². The molecule has 0 aliphatic carbocycles.